The predicted molar refractivity (Wildman–Crippen MR) is 144 cm³/mol. The number of carbonyl (C=O) groups is 1. The van der Waals surface area contributed by atoms with Gasteiger partial charge in [0, 0.05) is 57.8 Å². The van der Waals surface area contributed by atoms with Gasteiger partial charge in [0.25, 0.3) is 0 Å². The second-order valence-corrected chi connectivity index (χ2v) is 10.7. The molecule has 5 nitrogen and oxygen atoms in total. The monoisotopic (exact) mass is 497 g/mol. The summed E-state index contributed by atoms with van der Waals surface area (Å²) in [6.07, 6.45) is 4.43. The first-order valence-corrected chi connectivity index (χ1v) is 12.3. The minimum Gasteiger partial charge on any atom is -0.507 e. The Labute approximate surface area is 216 Å². The van der Waals surface area contributed by atoms with E-state index >= 15 is 0 Å². The van der Waals surface area contributed by atoms with Crippen molar-refractivity contribution in [2.24, 2.45) is 5.41 Å². The van der Waals surface area contributed by atoms with Crippen molar-refractivity contribution < 1.29 is 9.90 Å². The number of allylic oxidation sites excluding steroid dienone is 2. The van der Waals surface area contributed by atoms with Gasteiger partial charge in [0.2, 0.25) is 0 Å². The molecule has 182 valence electrons. The van der Waals surface area contributed by atoms with Gasteiger partial charge in [0.15, 0.2) is 5.78 Å². The predicted octanol–water partition coefficient (Wildman–Crippen LogP) is 7.24. The van der Waals surface area contributed by atoms with Gasteiger partial charge in [0.05, 0.1) is 0 Å². The summed E-state index contributed by atoms with van der Waals surface area (Å²) in [5, 5.41) is 21.6. The van der Waals surface area contributed by atoms with Crippen LogP contribution in [0, 0.1) is 17.7 Å². The number of aromatic nitrogens is 1. The molecule has 1 aliphatic carbocycles. The topological polar surface area (TPSA) is 77.3 Å². The third kappa shape index (κ3) is 4.24. The molecule has 0 saturated carbocycles. The van der Waals surface area contributed by atoms with Crippen molar-refractivity contribution in [3.8, 4) is 0 Å². The first-order chi connectivity index (χ1) is 17.2. The van der Waals surface area contributed by atoms with Gasteiger partial charge in [-0.2, -0.15) is 0 Å². The Hall–Kier alpha value is -3.70. The van der Waals surface area contributed by atoms with Crippen LogP contribution in [0.5, 0.6) is 0 Å². The van der Waals surface area contributed by atoms with Crippen LogP contribution in [-0.4, -0.2) is 21.7 Å². The van der Waals surface area contributed by atoms with Gasteiger partial charge in [0.1, 0.15) is 11.6 Å². The van der Waals surface area contributed by atoms with E-state index in [4.69, 9.17) is 11.6 Å². The van der Waals surface area contributed by atoms with Crippen molar-refractivity contribution in [2.75, 3.05) is 4.90 Å². The van der Waals surface area contributed by atoms with Crippen LogP contribution in [0.4, 0.5) is 5.69 Å². The molecule has 2 aliphatic rings. The SMILES string of the molecule is Cc1ccc(N2C(=N)/C(=C(/O)c3ccc(Cl)cc3)C(c3cccnc3)C3=C2CC(C)(C)CC3=O)cc1. The van der Waals surface area contributed by atoms with Gasteiger partial charge in [-0.3, -0.25) is 20.1 Å². The average Bonchev–Trinajstić information content (AvgIpc) is 2.84. The molecule has 36 heavy (non-hydrogen) atoms. The third-order valence-corrected chi connectivity index (χ3v) is 7.16. The maximum atomic E-state index is 13.8. The number of hydrogen-bond acceptors (Lipinski definition) is 4. The van der Waals surface area contributed by atoms with E-state index in [0.29, 0.717) is 34.6 Å². The molecule has 1 aliphatic heterocycles. The summed E-state index contributed by atoms with van der Waals surface area (Å²) in [5.41, 5.74) is 4.74. The molecular formula is C30H28ClN3O2. The number of carbonyl (C=O) groups excluding carboxylic acids is 1. The number of aliphatic hydroxyl groups is 1. The molecular weight excluding hydrogens is 470 g/mol. The zero-order valence-corrected chi connectivity index (χ0v) is 21.3. The zero-order chi connectivity index (χ0) is 25.6. The number of aliphatic hydroxyl groups excluding tert-OH is 1. The maximum Gasteiger partial charge on any atom is 0.162 e. The summed E-state index contributed by atoms with van der Waals surface area (Å²) >= 11 is 6.10. The normalized spacial score (nSPS) is 20.9. The molecule has 0 bridgehead atoms. The Morgan fingerprint density at radius 3 is 2.42 bits per heavy atom. The number of Topliss-reactive ketones (excluding diaryl/α,β-unsaturated/α-hetero) is 1. The minimum atomic E-state index is -0.609. The lowest BCUT2D eigenvalue weighted by atomic mass is 9.67. The number of hydrogen-bond donors (Lipinski definition) is 2. The molecule has 0 radical (unpaired) electrons. The average molecular weight is 498 g/mol. The van der Waals surface area contributed by atoms with Crippen LogP contribution in [0.15, 0.2) is 89.9 Å². The Morgan fingerprint density at radius 1 is 1.08 bits per heavy atom. The zero-order valence-electron chi connectivity index (χ0n) is 20.5. The van der Waals surface area contributed by atoms with E-state index < -0.39 is 5.92 Å². The highest BCUT2D eigenvalue weighted by atomic mass is 35.5. The van der Waals surface area contributed by atoms with Crippen molar-refractivity contribution >= 4 is 34.7 Å². The summed E-state index contributed by atoms with van der Waals surface area (Å²) in [5.74, 6) is -0.487. The largest absolute Gasteiger partial charge is 0.507 e. The summed E-state index contributed by atoms with van der Waals surface area (Å²) in [6.45, 7) is 6.18. The van der Waals surface area contributed by atoms with E-state index in [9.17, 15) is 15.3 Å². The van der Waals surface area contributed by atoms with Crippen LogP contribution in [-0.2, 0) is 4.79 Å². The fourth-order valence-corrected chi connectivity index (χ4v) is 5.36. The fraction of sp³-hybridized carbons (Fsp3) is 0.233. The number of nitrogens with zero attached hydrogens (tertiary/aromatic N) is 2. The summed E-state index contributed by atoms with van der Waals surface area (Å²) in [7, 11) is 0. The van der Waals surface area contributed by atoms with Crippen LogP contribution in [0.2, 0.25) is 5.02 Å². The van der Waals surface area contributed by atoms with Crippen LogP contribution in [0.3, 0.4) is 0 Å². The number of aryl methyl sites for hydroxylation is 1. The highest BCUT2D eigenvalue weighted by molar-refractivity contribution is 6.30. The second-order valence-electron chi connectivity index (χ2n) is 10.3. The molecule has 0 saturated heterocycles. The van der Waals surface area contributed by atoms with Gasteiger partial charge in [-0.25, -0.2) is 0 Å². The Morgan fingerprint density at radius 2 is 1.78 bits per heavy atom. The summed E-state index contributed by atoms with van der Waals surface area (Å²) in [4.78, 5) is 20.0. The first-order valence-electron chi connectivity index (χ1n) is 12.0. The molecule has 1 aromatic heterocycles. The number of pyridine rings is 1. The summed E-state index contributed by atoms with van der Waals surface area (Å²) < 4.78 is 0. The Bertz CT molecular complexity index is 1400. The summed E-state index contributed by atoms with van der Waals surface area (Å²) in [6, 6.07) is 18.5. The smallest absolute Gasteiger partial charge is 0.162 e. The molecule has 1 unspecified atom stereocenters. The highest BCUT2D eigenvalue weighted by Crippen LogP contribution is 2.51. The van der Waals surface area contributed by atoms with Crippen LogP contribution < -0.4 is 4.90 Å². The molecule has 0 spiro atoms. The molecule has 2 N–H and O–H groups in total. The van der Waals surface area contributed by atoms with Crippen LogP contribution in [0.25, 0.3) is 5.76 Å². The molecule has 5 rings (SSSR count). The quantitative estimate of drug-likeness (QED) is 0.374. The van der Waals surface area contributed by atoms with Gasteiger partial charge >= 0.3 is 0 Å². The van der Waals surface area contributed by atoms with Crippen molar-refractivity contribution in [3.63, 3.8) is 0 Å². The number of ketones is 1. The molecule has 0 fully saturated rings. The molecule has 2 aromatic carbocycles. The lowest BCUT2D eigenvalue weighted by Gasteiger charge is -2.45. The maximum absolute atomic E-state index is 13.8. The number of benzene rings is 2. The molecule has 3 aromatic rings. The van der Waals surface area contributed by atoms with Gasteiger partial charge in [-0.1, -0.05) is 49.2 Å². The fourth-order valence-electron chi connectivity index (χ4n) is 5.24. The number of anilines is 1. The molecule has 0 amide bonds. The molecule has 2 heterocycles. The van der Waals surface area contributed by atoms with Gasteiger partial charge < -0.3 is 5.11 Å². The van der Waals surface area contributed by atoms with Gasteiger partial charge in [-0.15, -0.1) is 0 Å². The highest BCUT2D eigenvalue weighted by Gasteiger charge is 2.46. The van der Waals surface area contributed by atoms with E-state index in [2.05, 4.69) is 18.8 Å². The van der Waals surface area contributed by atoms with Crippen molar-refractivity contribution in [1.82, 2.24) is 4.98 Å². The lowest BCUT2D eigenvalue weighted by molar-refractivity contribution is -0.118. The third-order valence-electron chi connectivity index (χ3n) is 6.91. The van der Waals surface area contributed by atoms with Crippen molar-refractivity contribution in [2.45, 2.75) is 39.5 Å². The van der Waals surface area contributed by atoms with Crippen molar-refractivity contribution in [1.29, 1.82) is 5.41 Å². The molecule has 1 atom stereocenters. The number of halogens is 1. The van der Waals surface area contributed by atoms with E-state index in [0.717, 1.165) is 22.5 Å². The standard InChI is InChI=1S/C30H28ClN3O2/c1-18-6-12-22(13-7-18)34-23-15-30(2,3)16-24(35)26(23)25(20-5-4-14-33-17-20)27(29(34)32)28(36)19-8-10-21(31)11-9-19/h4-14,17,25,32,36H,15-16H2,1-3H3/b28-27+,32-29?. The van der Waals surface area contributed by atoms with Gasteiger partial charge in [-0.05, 0) is 66.8 Å². The number of amidine groups is 1. The molecule has 6 heteroatoms. The first kappa shape index (κ1) is 24.0. The Kier molecular flexibility index (Phi) is 6.05. The number of rotatable bonds is 3. The number of nitrogens with one attached hydrogen (secondary N) is 1. The lowest BCUT2D eigenvalue weighted by Crippen LogP contribution is -2.45. The van der Waals surface area contributed by atoms with Crippen LogP contribution >= 0.6 is 11.6 Å². The Balaban J connectivity index is 1.84. The van der Waals surface area contributed by atoms with Crippen LogP contribution in [0.1, 0.15) is 49.3 Å². The second kappa shape index (κ2) is 9.07. The van der Waals surface area contributed by atoms with E-state index in [1.54, 1.807) is 36.7 Å². The van der Waals surface area contributed by atoms with E-state index in [1.807, 2.05) is 48.2 Å². The van der Waals surface area contributed by atoms with E-state index in [1.165, 1.54) is 0 Å². The van der Waals surface area contributed by atoms with E-state index in [-0.39, 0.29) is 22.8 Å². The van der Waals surface area contributed by atoms with Crippen molar-refractivity contribution in [3.05, 3.63) is 112 Å². The minimum absolute atomic E-state index is 0.0288.